The molecule has 0 aliphatic carbocycles. The van der Waals surface area contributed by atoms with Crippen LogP contribution in [0.25, 0.3) is 21.8 Å². The molecule has 1 saturated heterocycles. The van der Waals surface area contributed by atoms with Crippen LogP contribution in [0.2, 0.25) is 0 Å². The molecule has 0 amide bonds. The number of aryl methyl sites for hydroxylation is 1. The summed E-state index contributed by atoms with van der Waals surface area (Å²) in [5.74, 6) is 1.06. The lowest BCUT2D eigenvalue weighted by Gasteiger charge is -2.36. The first-order valence-corrected chi connectivity index (χ1v) is 10.7. The summed E-state index contributed by atoms with van der Waals surface area (Å²) in [5.41, 5.74) is 3.43. The van der Waals surface area contributed by atoms with E-state index in [-0.39, 0.29) is 0 Å². The fourth-order valence-electron chi connectivity index (χ4n) is 4.63. The van der Waals surface area contributed by atoms with Crippen LogP contribution in [0.3, 0.4) is 0 Å². The molecule has 5 nitrogen and oxygen atoms in total. The van der Waals surface area contributed by atoms with Crippen molar-refractivity contribution in [3.05, 3.63) is 72.4 Å². The smallest absolute Gasteiger partial charge is 0.128 e. The van der Waals surface area contributed by atoms with E-state index in [2.05, 4.69) is 80.0 Å². The number of aliphatic hydroxyl groups excluding tert-OH is 1. The van der Waals surface area contributed by atoms with Crippen LogP contribution >= 0.6 is 0 Å². The van der Waals surface area contributed by atoms with Crippen LogP contribution in [0.4, 0.5) is 5.82 Å². The van der Waals surface area contributed by atoms with E-state index in [1.165, 1.54) is 21.8 Å². The standard InChI is InChI=1S/C25H28N4O/c1-19-7-6-12-25(26-19)28-15-13-27(14-16-28)17-20(30)18-29-23-10-4-2-8-21(23)22-9-3-5-11-24(22)29/h2-12,20,30H,13-18H2,1H3. The molecule has 154 valence electrons. The number of nitrogens with zero attached hydrogens (tertiary/aromatic N) is 4. The van der Waals surface area contributed by atoms with E-state index in [0.29, 0.717) is 13.1 Å². The van der Waals surface area contributed by atoms with Gasteiger partial charge in [-0.3, -0.25) is 4.90 Å². The average molecular weight is 401 g/mol. The van der Waals surface area contributed by atoms with Gasteiger partial charge in [0.1, 0.15) is 5.82 Å². The van der Waals surface area contributed by atoms with Crippen LogP contribution in [-0.2, 0) is 6.54 Å². The minimum atomic E-state index is -0.409. The molecular formula is C25H28N4O. The van der Waals surface area contributed by atoms with Gasteiger partial charge in [0, 0.05) is 60.2 Å². The van der Waals surface area contributed by atoms with Crippen molar-refractivity contribution in [1.29, 1.82) is 0 Å². The van der Waals surface area contributed by atoms with Gasteiger partial charge >= 0.3 is 0 Å². The van der Waals surface area contributed by atoms with Crippen molar-refractivity contribution in [2.75, 3.05) is 37.6 Å². The molecule has 2 aromatic carbocycles. The summed E-state index contributed by atoms with van der Waals surface area (Å²) in [6.45, 7) is 7.10. The molecular weight excluding hydrogens is 372 g/mol. The van der Waals surface area contributed by atoms with Crippen molar-refractivity contribution in [3.63, 3.8) is 0 Å². The third-order valence-corrected chi connectivity index (χ3v) is 6.11. The van der Waals surface area contributed by atoms with Gasteiger partial charge in [0.2, 0.25) is 0 Å². The molecule has 0 radical (unpaired) electrons. The Morgan fingerprint density at radius 2 is 1.43 bits per heavy atom. The van der Waals surface area contributed by atoms with Gasteiger partial charge in [-0.05, 0) is 31.2 Å². The fraction of sp³-hybridized carbons (Fsp3) is 0.320. The number of anilines is 1. The van der Waals surface area contributed by atoms with Crippen LogP contribution in [0, 0.1) is 6.92 Å². The number of hydrogen-bond acceptors (Lipinski definition) is 4. The Morgan fingerprint density at radius 3 is 2.07 bits per heavy atom. The second-order valence-electron chi connectivity index (χ2n) is 8.22. The largest absolute Gasteiger partial charge is 0.390 e. The van der Waals surface area contributed by atoms with Crippen molar-refractivity contribution in [1.82, 2.24) is 14.5 Å². The quantitative estimate of drug-likeness (QED) is 0.555. The van der Waals surface area contributed by atoms with E-state index in [1.807, 2.05) is 13.0 Å². The number of para-hydroxylation sites is 2. The van der Waals surface area contributed by atoms with E-state index < -0.39 is 6.10 Å². The summed E-state index contributed by atoms with van der Waals surface area (Å²) in [6, 6.07) is 23.1. The molecule has 1 fully saturated rings. The highest BCUT2D eigenvalue weighted by Crippen LogP contribution is 2.29. The van der Waals surface area contributed by atoms with Gasteiger partial charge in [0.25, 0.3) is 0 Å². The van der Waals surface area contributed by atoms with Gasteiger partial charge in [-0.25, -0.2) is 4.98 Å². The van der Waals surface area contributed by atoms with E-state index in [9.17, 15) is 5.11 Å². The lowest BCUT2D eigenvalue weighted by molar-refractivity contribution is 0.0968. The fourth-order valence-corrected chi connectivity index (χ4v) is 4.63. The highest BCUT2D eigenvalue weighted by atomic mass is 16.3. The predicted molar refractivity (Wildman–Crippen MR) is 123 cm³/mol. The van der Waals surface area contributed by atoms with E-state index in [4.69, 9.17) is 0 Å². The van der Waals surface area contributed by atoms with Gasteiger partial charge in [-0.2, -0.15) is 0 Å². The number of benzene rings is 2. The monoisotopic (exact) mass is 400 g/mol. The van der Waals surface area contributed by atoms with Crippen LogP contribution in [0.15, 0.2) is 66.7 Å². The van der Waals surface area contributed by atoms with E-state index in [0.717, 1.165) is 37.7 Å². The number of aliphatic hydroxyl groups is 1. The average Bonchev–Trinajstić information content (AvgIpc) is 3.08. The molecule has 5 heteroatoms. The molecule has 1 unspecified atom stereocenters. The molecule has 1 aliphatic heterocycles. The summed E-state index contributed by atoms with van der Waals surface area (Å²) < 4.78 is 2.27. The van der Waals surface area contributed by atoms with Crippen molar-refractivity contribution in [2.24, 2.45) is 0 Å². The minimum absolute atomic E-state index is 0.409. The van der Waals surface area contributed by atoms with Crippen LogP contribution < -0.4 is 4.90 Å². The van der Waals surface area contributed by atoms with Crippen LogP contribution in [0.1, 0.15) is 5.69 Å². The molecule has 3 heterocycles. The first-order valence-electron chi connectivity index (χ1n) is 10.7. The molecule has 0 bridgehead atoms. The summed E-state index contributed by atoms with van der Waals surface area (Å²) in [5, 5.41) is 13.4. The normalized spacial score (nSPS) is 16.4. The van der Waals surface area contributed by atoms with Gasteiger partial charge in [-0.1, -0.05) is 42.5 Å². The maximum Gasteiger partial charge on any atom is 0.128 e. The van der Waals surface area contributed by atoms with Gasteiger partial charge in [-0.15, -0.1) is 0 Å². The molecule has 0 spiro atoms. The Balaban J connectivity index is 1.26. The highest BCUT2D eigenvalue weighted by molar-refractivity contribution is 6.07. The molecule has 0 saturated carbocycles. The molecule has 1 atom stereocenters. The van der Waals surface area contributed by atoms with Crippen molar-refractivity contribution in [2.45, 2.75) is 19.6 Å². The first-order chi connectivity index (χ1) is 14.7. The first kappa shape index (κ1) is 19.1. The zero-order valence-corrected chi connectivity index (χ0v) is 17.4. The zero-order valence-electron chi connectivity index (χ0n) is 17.4. The van der Waals surface area contributed by atoms with Crippen LogP contribution in [-0.4, -0.2) is 58.4 Å². The summed E-state index contributed by atoms with van der Waals surface area (Å²) >= 11 is 0. The third kappa shape index (κ3) is 3.66. The van der Waals surface area contributed by atoms with Crippen molar-refractivity contribution >= 4 is 27.6 Å². The molecule has 1 aliphatic rings. The summed E-state index contributed by atoms with van der Waals surface area (Å²) in [7, 11) is 0. The second kappa shape index (κ2) is 8.09. The maximum absolute atomic E-state index is 10.9. The third-order valence-electron chi connectivity index (χ3n) is 6.11. The SMILES string of the molecule is Cc1cccc(N2CCN(CC(O)Cn3c4ccccc4c4ccccc43)CC2)n1. The highest BCUT2D eigenvalue weighted by Gasteiger charge is 2.21. The Hall–Kier alpha value is -2.89. The topological polar surface area (TPSA) is 44.5 Å². The Bertz CT molecular complexity index is 1110. The van der Waals surface area contributed by atoms with Crippen molar-refractivity contribution < 1.29 is 5.11 Å². The lowest BCUT2D eigenvalue weighted by Crippen LogP contribution is -2.49. The van der Waals surface area contributed by atoms with Gasteiger partial charge < -0.3 is 14.6 Å². The Kier molecular flexibility index (Phi) is 5.15. The van der Waals surface area contributed by atoms with E-state index >= 15 is 0 Å². The molecule has 2 aromatic heterocycles. The number of pyridine rings is 1. The Labute approximate surface area is 177 Å². The number of piperazine rings is 1. The Morgan fingerprint density at radius 1 is 0.800 bits per heavy atom. The zero-order chi connectivity index (χ0) is 20.5. The molecule has 5 rings (SSSR count). The number of β-amino-alcohol motifs (C(OH)–C–C–N with tert-alkyl or cyclic N) is 1. The minimum Gasteiger partial charge on any atom is -0.390 e. The summed E-state index contributed by atoms with van der Waals surface area (Å²) in [4.78, 5) is 9.35. The van der Waals surface area contributed by atoms with Crippen molar-refractivity contribution in [3.8, 4) is 0 Å². The molecule has 4 aromatic rings. The van der Waals surface area contributed by atoms with Gasteiger partial charge in [0.05, 0.1) is 12.6 Å². The summed E-state index contributed by atoms with van der Waals surface area (Å²) in [6.07, 6.45) is -0.409. The molecule has 30 heavy (non-hydrogen) atoms. The number of fused-ring (bicyclic) bond motifs is 3. The predicted octanol–water partition coefficient (Wildman–Crippen LogP) is 3.68. The maximum atomic E-state index is 10.9. The second-order valence-corrected chi connectivity index (χ2v) is 8.22. The lowest BCUT2D eigenvalue weighted by atomic mass is 10.2. The van der Waals surface area contributed by atoms with Crippen LogP contribution in [0.5, 0.6) is 0 Å². The number of aromatic nitrogens is 2. The molecule has 1 N–H and O–H groups in total. The number of rotatable bonds is 5. The van der Waals surface area contributed by atoms with Gasteiger partial charge in [0.15, 0.2) is 0 Å². The van der Waals surface area contributed by atoms with E-state index in [1.54, 1.807) is 0 Å². The number of hydrogen-bond donors (Lipinski definition) is 1.